The summed E-state index contributed by atoms with van der Waals surface area (Å²) in [5, 5.41) is 6.44. The van der Waals surface area contributed by atoms with Crippen LogP contribution in [0.1, 0.15) is 39.0 Å². The molecule has 0 aromatic rings. The van der Waals surface area contributed by atoms with E-state index in [0.717, 1.165) is 45.2 Å². The van der Waals surface area contributed by atoms with Crippen LogP contribution in [0, 0.1) is 5.41 Å². The van der Waals surface area contributed by atoms with Gasteiger partial charge in [0.1, 0.15) is 0 Å². The molecular weight excluding hydrogens is 202 g/mol. The molecule has 1 heterocycles. The number of rotatable bonds is 2. The van der Waals surface area contributed by atoms with Crippen LogP contribution >= 0.6 is 0 Å². The molecule has 4 N–H and O–H groups in total. The fraction of sp³-hybridized carbons (Fsp3) is 0.917. The molecule has 92 valence electrons. The molecule has 0 spiro atoms. The Balaban J connectivity index is 1.83. The van der Waals surface area contributed by atoms with Crippen molar-refractivity contribution >= 4 is 5.91 Å². The standard InChI is InChI=1S/C12H23N3O/c1-12(6-7-14-8-12)11(16)15-10-4-2-9(13)3-5-10/h9-10,14H,2-8,13H2,1H3,(H,15,16). The van der Waals surface area contributed by atoms with E-state index in [1.165, 1.54) is 0 Å². The first-order chi connectivity index (χ1) is 7.60. The van der Waals surface area contributed by atoms with Crippen LogP contribution in [0.15, 0.2) is 0 Å². The number of hydrogen-bond donors (Lipinski definition) is 3. The summed E-state index contributed by atoms with van der Waals surface area (Å²) in [4.78, 5) is 12.1. The highest BCUT2D eigenvalue weighted by Gasteiger charge is 2.37. The highest BCUT2D eigenvalue weighted by atomic mass is 16.2. The number of carbonyl (C=O) groups excluding carboxylic acids is 1. The lowest BCUT2D eigenvalue weighted by atomic mass is 9.86. The average Bonchev–Trinajstić information content (AvgIpc) is 2.70. The summed E-state index contributed by atoms with van der Waals surface area (Å²) in [5.74, 6) is 0.220. The molecule has 16 heavy (non-hydrogen) atoms. The summed E-state index contributed by atoms with van der Waals surface area (Å²) in [7, 11) is 0. The van der Waals surface area contributed by atoms with Crippen molar-refractivity contribution < 1.29 is 4.79 Å². The van der Waals surface area contributed by atoms with Crippen molar-refractivity contribution in [1.82, 2.24) is 10.6 Å². The van der Waals surface area contributed by atoms with E-state index in [4.69, 9.17) is 5.73 Å². The Labute approximate surface area is 97.3 Å². The SMILES string of the molecule is CC1(C(=O)NC2CCC(N)CC2)CCNC1. The van der Waals surface area contributed by atoms with Gasteiger partial charge in [-0.1, -0.05) is 0 Å². The molecule has 2 fully saturated rings. The molecule has 0 aromatic carbocycles. The Morgan fingerprint density at radius 1 is 1.38 bits per heavy atom. The largest absolute Gasteiger partial charge is 0.353 e. The Morgan fingerprint density at radius 2 is 2.06 bits per heavy atom. The molecule has 1 aliphatic heterocycles. The maximum atomic E-state index is 12.1. The van der Waals surface area contributed by atoms with E-state index < -0.39 is 0 Å². The molecule has 0 aromatic heterocycles. The molecule has 2 rings (SSSR count). The van der Waals surface area contributed by atoms with Crippen molar-refractivity contribution in [3.63, 3.8) is 0 Å². The van der Waals surface area contributed by atoms with E-state index in [9.17, 15) is 4.79 Å². The van der Waals surface area contributed by atoms with E-state index in [0.29, 0.717) is 12.1 Å². The van der Waals surface area contributed by atoms with Crippen LogP contribution in [-0.2, 0) is 4.79 Å². The third-order valence-electron chi connectivity index (χ3n) is 4.02. The zero-order valence-electron chi connectivity index (χ0n) is 10.1. The van der Waals surface area contributed by atoms with Gasteiger partial charge in [-0.3, -0.25) is 4.79 Å². The second-order valence-corrected chi connectivity index (χ2v) is 5.57. The molecule has 4 heteroatoms. The summed E-state index contributed by atoms with van der Waals surface area (Å²) in [6.45, 7) is 3.82. The van der Waals surface area contributed by atoms with Crippen molar-refractivity contribution in [2.75, 3.05) is 13.1 Å². The number of nitrogens with one attached hydrogen (secondary N) is 2. The van der Waals surface area contributed by atoms with Gasteiger partial charge in [0, 0.05) is 18.6 Å². The molecule has 0 radical (unpaired) electrons. The predicted octanol–water partition coefficient (Wildman–Crippen LogP) is 0.372. The predicted molar refractivity (Wildman–Crippen MR) is 64.0 cm³/mol. The normalized spacial score (nSPS) is 39.6. The van der Waals surface area contributed by atoms with E-state index in [2.05, 4.69) is 17.6 Å². The molecule has 1 saturated heterocycles. The minimum atomic E-state index is -0.195. The fourth-order valence-electron chi connectivity index (χ4n) is 2.63. The zero-order valence-corrected chi connectivity index (χ0v) is 10.1. The van der Waals surface area contributed by atoms with Gasteiger partial charge >= 0.3 is 0 Å². The van der Waals surface area contributed by atoms with E-state index in [1.807, 2.05) is 0 Å². The van der Waals surface area contributed by atoms with Gasteiger partial charge in [-0.25, -0.2) is 0 Å². The van der Waals surface area contributed by atoms with Gasteiger partial charge in [0.05, 0.1) is 5.41 Å². The van der Waals surface area contributed by atoms with Gasteiger partial charge in [0.15, 0.2) is 0 Å². The minimum absolute atomic E-state index is 0.195. The second kappa shape index (κ2) is 4.72. The van der Waals surface area contributed by atoms with Gasteiger partial charge in [0.25, 0.3) is 0 Å². The molecule has 1 unspecified atom stereocenters. The Morgan fingerprint density at radius 3 is 2.62 bits per heavy atom. The number of nitrogens with two attached hydrogens (primary N) is 1. The Hall–Kier alpha value is -0.610. The highest BCUT2D eigenvalue weighted by Crippen LogP contribution is 2.26. The molecular formula is C12H23N3O. The van der Waals surface area contributed by atoms with Crippen molar-refractivity contribution in [2.45, 2.75) is 51.1 Å². The molecule has 0 bridgehead atoms. The van der Waals surface area contributed by atoms with E-state index in [-0.39, 0.29) is 11.3 Å². The molecule has 2 aliphatic rings. The maximum absolute atomic E-state index is 12.1. The summed E-state index contributed by atoms with van der Waals surface area (Å²) in [6, 6.07) is 0.696. The summed E-state index contributed by atoms with van der Waals surface area (Å²) in [6.07, 6.45) is 5.11. The minimum Gasteiger partial charge on any atom is -0.353 e. The lowest BCUT2D eigenvalue weighted by molar-refractivity contribution is -0.130. The zero-order chi connectivity index (χ0) is 11.6. The van der Waals surface area contributed by atoms with Gasteiger partial charge in [-0.05, 0) is 45.6 Å². The first kappa shape index (κ1) is 11.9. The van der Waals surface area contributed by atoms with Gasteiger partial charge in [0.2, 0.25) is 5.91 Å². The maximum Gasteiger partial charge on any atom is 0.227 e. The first-order valence-corrected chi connectivity index (χ1v) is 6.37. The van der Waals surface area contributed by atoms with Crippen LogP contribution < -0.4 is 16.4 Å². The van der Waals surface area contributed by atoms with Crippen LogP contribution in [-0.4, -0.2) is 31.1 Å². The van der Waals surface area contributed by atoms with Crippen molar-refractivity contribution in [1.29, 1.82) is 0 Å². The molecule has 1 amide bonds. The lowest BCUT2D eigenvalue weighted by Gasteiger charge is -2.30. The van der Waals surface area contributed by atoms with E-state index >= 15 is 0 Å². The Kier molecular flexibility index (Phi) is 3.50. The van der Waals surface area contributed by atoms with Gasteiger partial charge in [-0.2, -0.15) is 0 Å². The number of carbonyl (C=O) groups is 1. The fourth-order valence-corrected chi connectivity index (χ4v) is 2.63. The van der Waals surface area contributed by atoms with Gasteiger partial charge < -0.3 is 16.4 Å². The molecule has 1 aliphatic carbocycles. The van der Waals surface area contributed by atoms with E-state index in [1.54, 1.807) is 0 Å². The smallest absolute Gasteiger partial charge is 0.227 e. The van der Waals surface area contributed by atoms with Crippen LogP contribution in [0.5, 0.6) is 0 Å². The lowest BCUT2D eigenvalue weighted by Crippen LogP contribution is -2.47. The Bertz CT molecular complexity index is 253. The van der Waals surface area contributed by atoms with Crippen LogP contribution in [0.2, 0.25) is 0 Å². The first-order valence-electron chi connectivity index (χ1n) is 6.37. The highest BCUT2D eigenvalue weighted by molar-refractivity contribution is 5.83. The summed E-state index contributed by atoms with van der Waals surface area (Å²) in [5.41, 5.74) is 5.66. The third kappa shape index (κ3) is 2.55. The van der Waals surface area contributed by atoms with Crippen molar-refractivity contribution in [3.8, 4) is 0 Å². The van der Waals surface area contributed by atoms with Crippen LogP contribution in [0.3, 0.4) is 0 Å². The van der Waals surface area contributed by atoms with Crippen LogP contribution in [0.25, 0.3) is 0 Å². The van der Waals surface area contributed by atoms with Crippen LogP contribution in [0.4, 0.5) is 0 Å². The molecule has 1 atom stereocenters. The monoisotopic (exact) mass is 225 g/mol. The number of hydrogen-bond acceptors (Lipinski definition) is 3. The topological polar surface area (TPSA) is 67.2 Å². The number of amides is 1. The average molecular weight is 225 g/mol. The van der Waals surface area contributed by atoms with Crippen molar-refractivity contribution in [2.24, 2.45) is 11.1 Å². The summed E-state index contributed by atoms with van der Waals surface area (Å²) < 4.78 is 0. The summed E-state index contributed by atoms with van der Waals surface area (Å²) >= 11 is 0. The third-order valence-corrected chi connectivity index (χ3v) is 4.02. The van der Waals surface area contributed by atoms with Gasteiger partial charge in [-0.15, -0.1) is 0 Å². The quantitative estimate of drug-likeness (QED) is 0.636. The molecule has 4 nitrogen and oxygen atoms in total. The molecule has 1 saturated carbocycles. The second-order valence-electron chi connectivity index (χ2n) is 5.57. The van der Waals surface area contributed by atoms with Crippen molar-refractivity contribution in [3.05, 3.63) is 0 Å².